The molecule has 3 aromatic heterocycles. The highest BCUT2D eigenvalue weighted by Gasteiger charge is 2.16. The van der Waals surface area contributed by atoms with Crippen LogP contribution in [0.15, 0.2) is 30.7 Å². The van der Waals surface area contributed by atoms with Crippen molar-refractivity contribution >= 4 is 28.0 Å². The van der Waals surface area contributed by atoms with Crippen molar-refractivity contribution in [2.45, 2.75) is 0 Å². The summed E-state index contributed by atoms with van der Waals surface area (Å²) in [6, 6.07) is 2.03. The predicted molar refractivity (Wildman–Crippen MR) is 75.4 cm³/mol. The second kappa shape index (κ2) is 4.57. The normalized spacial score (nSPS) is 11.4. The van der Waals surface area contributed by atoms with Crippen LogP contribution in [0.5, 0.6) is 0 Å². The Morgan fingerprint density at radius 1 is 1.22 bits per heavy atom. The van der Waals surface area contributed by atoms with Gasteiger partial charge in [0.1, 0.15) is 11.1 Å². The summed E-state index contributed by atoms with van der Waals surface area (Å²) < 4.78 is 28.0. The number of H-pyrrole nitrogens is 1. The molecule has 0 radical (unpaired) electrons. The van der Waals surface area contributed by atoms with Gasteiger partial charge in [0.15, 0.2) is 23.1 Å². The molecular formula is C14H7F2N5O2. The van der Waals surface area contributed by atoms with E-state index >= 15 is 0 Å². The van der Waals surface area contributed by atoms with Gasteiger partial charge in [0.05, 0.1) is 17.9 Å². The summed E-state index contributed by atoms with van der Waals surface area (Å²) in [6.07, 6.45) is 4.00. The van der Waals surface area contributed by atoms with Crippen LogP contribution in [0.25, 0.3) is 27.9 Å². The molecule has 3 heterocycles. The van der Waals surface area contributed by atoms with E-state index < -0.39 is 17.6 Å². The van der Waals surface area contributed by atoms with Crippen molar-refractivity contribution in [1.29, 1.82) is 0 Å². The van der Waals surface area contributed by atoms with Crippen LogP contribution in [0.1, 0.15) is 10.4 Å². The zero-order valence-corrected chi connectivity index (χ0v) is 11.3. The zero-order chi connectivity index (χ0) is 16.1. The highest BCUT2D eigenvalue weighted by atomic mass is 19.2. The van der Waals surface area contributed by atoms with Crippen LogP contribution in [0.4, 0.5) is 8.78 Å². The maximum atomic E-state index is 13.5. The summed E-state index contributed by atoms with van der Waals surface area (Å²) in [6.45, 7) is 0. The third kappa shape index (κ3) is 1.94. The molecule has 1 aromatic carbocycles. The van der Waals surface area contributed by atoms with Crippen molar-refractivity contribution in [2.75, 3.05) is 0 Å². The molecule has 9 heteroatoms. The van der Waals surface area contributed by atoms with E-state index in [1.807, 2.05) is 0 Å². The lowest BCUT2D eigenvalue weighted by atomic mass is 10.2. The second-order valence-electron chi connectivity index (χ2n) is 4.81. The van der Waals surface area contributed by atoms with Crippen molar-refractivity contribution in [3.05, 3.63) is 47.9 Å². The number of aromatic amines is 1. The highest BCUT2D eigenvalue weighted by Crippen LogP contribution is 2.22. The topological polar surface area (TPSA) is 96.7 Å². The van der Waals surface area contributed by atoms with Crippen LogP contribution in [-0.4, -0.2) is 35.8 Å². The molecule has 0 saturated heterocycles. The van der Waals surface area contributed by atoms with Gasteiger partial charge in [-0.3, -0.25) is 0 Å². The number of hydrogen-bond donors (Lipinski definition) is 2. The first-order chi connectivity index (χ1) is 11.0. The molecule has 0 amide bonds. The van der Waals surface area contributed by atoms with Crippen molar-refractivity contribution < 1.29 is 18.7 Å². The monoisotopic (exact) mass is 315 g/mol. The average molecular weight is 315 g/mol. The lowest BCUT2D eigenvalue weighted by molar-refractivity contribution is 0.0699. The summed E-state index contributed by atoms with van der Waals surface area (Å²) in [5, 5.41) is 13.6. The van der Waals surface area contributed by atoms with Gasteiger partial charge in [0.25, 0.3) is 0 Å². The molecule has 2 N–H and O–H groups in total. The largest absolute Gasteiger partial charge is 0.478 e. The Kier molecular flexibility index (Phi) is 2.64. The first-order valence-corrected chi connectivity index (χ1v) is 6.45. The van der Waals surface area contributed by atoms with E-state index in [-0.39, 0.29) is 16.9 Å². The first-order valence-electron chi connectivity index (χ1n) is 6.45. The number of rotatable bonds is 2. The quantitative estimate of drug-likeness (QED) is 0.591. The van der Waals surface area contributed by atoms with E-state index in [0.29, 0.717) is 16.6 Å². The van der Waals surface area contributed by atoms with E-state index in [4.69, 9.17) is 5.11 Å². The molecule has 4 aromatic rings. The van der Waals surface area contributed by atoms with Gasteiger partial charge in [0, 0.05) is 17.6 Å². The van der Waals surface area contributed by atoms with Gasteiger partial charge in [-0.1, -0.05) is 0 Å². The van der Waals surface area contributed by atoms with Crippen LogP contribution < -0.4 is 0 Å². The fourth-order valence-electron chi connectivity index (χ4n) is 2.35. The van der Waals surface area contributed by atoms with Crippen molar-refractivity contribution in [1.82, 2.24) is 24.7 Å². The number of carboxylic acids is 1. The van der Waals surface area contributed by atoms with Gasteiger partial charge in [-0.05, 0) is 6.07 Å². The van der Waals surface area contributed by atoms with Crippen LogP contribution in [-0.2, 0) is 0 Å². The van der Waals surface area contributed by atoms with Gasteiger partial charge in [-0.25, -0.2) is 28.2 Å². The maximum absolute atomic E-state index is 13.5. The molecule has 0 aliphatic carbocycles. The molecule has 0 spiro atoms. The molecule has 0 aliphatic rings. The van der Waals surface area contributed by atoms with Crippen LogP contribution in [0, 0.1) is 11.6 Å². The lowest BCUT2D eigenvalue weighted by Gasteiger charge is -2.03. The SMILES string of the molecule is O=C(O)c1c[nH]c2ncc(-n3ncc4cc(F)c(F)cc43)nc12. The molecular weight excluding hydrogens is 308 g/mol. The van der Waals surface area contributed by atoms with Gasteiger partial charge in [-0.2, -0.15) is 5.10 Å². The number of nitrogens with one attached hydrogen (secondary N) is 1. The fraction of sp³-hybridized carbons (Fsp3) is 0. The van der Waals surface area contributed by atoms with Gasteiger partial charge >= 0.3 is 5.97 Å². The minimum atomic E-state index is -1.15. The molecule has 0 fully saturated rings. The molecule has 0 aliphatic heterocycles. The Morgan fingerprint density at radius 2 is 2.00 bits per heavy atom. The number of halogens is 2. The molecule has 23 heavy (non-hydrogen) atoms. The van der Waals surface area contributed by atoms with E-state index in [1.165, 1.54) is 23.3 Å². The summed E-state index contributed by atoms with van der Waals surface area (Å²) in [4.78, 5) is 22.2. The van der Waals surface area contributed by atoms with Crippen molar-refractivity contribution in [3.63, 3.8) is 0 Å². The van der Waals surface area contributed by atoms with Crippen LogP contribution >= 0.6 is 0 Å². The average Bonchev–Trinajstić information content (AvgIpc) is 3.11. The Morgan fingerprint density at radius 3 is 2.78 bits per heavy atom. The number of aromatic carboxylic acids is 1. The summed E-state index contributed by atoms with van der Waals surface area (Å²) in [7, 11) is 0. The number of nitrogens with zero attached hydrogens (tertiary/aromatic N) is 4. The molecule has 114 valence electrons. The number of benzene rings is 1. The highest BCUT2D eigenvalue weighted by molar-refractivity contribution is 6.00. The standard InChI is InChI=1S/C14H7F2N5O2/c15-8-1-6-3-19-21(10(6)2-9(8)16)11-5-18-13-12(20-11)7(4-17-13)14(22)23/h1-5H,(H,17,18)(H,22,23). The Balaban J connectivity index is 1.97. The van der Waals surface area contributed by atoms with Gasteiger partial charge in [0.2, 0.25) is 0 Å². The van der Waals surface area contributed by atoms with Crippen molar-refractivity contribution in [2.24, 2.45) is 0 Å². The number of fused-ring (bicyclic) bond motifs is 2. The predicted octanol–water partition coefficient (Wildman–Crippen LogP) is 2.27. The smallest absolute Gasteiger partial charge is 0.339 e. The second-order valence-corrected chi connectivity index (χ2v) is 4.81. The number of hydrogen-bond acceptors (Lipinski definition) is 4. The number of carboxylic acid groups (broad SMARTS) is 1. The van der Waals surface area contributed by atoms with Gasteiger partial charge < -0.3 is 10.1 Å². The first kappa shape index (κ1) is 13.3. The molecule has 0 atom stereocenters. The minimum Gasteiger partial charge on any atom is -0.478 e. The van der Waals surface area contributed by atoms with Crippen LogP contribution in [0.3, 0.4) is 0 Å². The Bertz CT molecular complexity index is 1090. The number of carbonyl (C=O) groups is 1. The molecule has 0 unspecified atom stereocenters. The Labute approximate surface area is 126 Å². The lowest BCUT2D eigenvalue weighted by Crippen LogP contribution is -2.02. The Hall–Kier alpha value is -3.36. The number of aromatic nitrogens is 5. The third-order valence-electron chi connectivity index (χ3n) is 3.43. The zero-order valence-electron chi connectivity index (χ0n) is 11.3. The summed E-state index contributed by atoms with van der Waals surface area (Å²) in [5.41, 5.74) is 0.717. The molecule has 7 nitrogen and oxygen atoms in total. The molecule has 0 bridgehead atoms. The van der Waals surface area contributed by atoms with E-state index in [9.17, 15) is 13.6 Å². The van der Waals surface area contributed by atoms with Crippen LogP contribution in [0.2, 0.25) is 0 Å². The van der Waals surface area contributed by atoms with E-state index in [1.54, 1.807) is 0 Å². The maximum Gasteiger partial charge on any atom is 0.339 e. The summed E-state index contributed by atoms with van der Waals surface area (Å²) in [5.74, 6) is -2.94. The van der Waals surface area contributed by atoms with Crippen molar-refractivity contribution in [3.8, 4) is 5.82 Å². The molecule has 0 saturated carbocycles. The fourth-order valence-corrected chi connectivity index (χ4v) is 2.35. The minimum absolute atomic E-state index is 0.0389. The van der Waals surface area contributed by atoms with E-state index in [2.05, 4.69) is 20.1 Å². The molecule has 4 rings (SSSR count). The van der Waals surface area contributed by atoms with Gasteiger partial charge in [-0.15, -0.1) is 0 Å². The van der Waals surface area contributed by atoms with E-state index in [0.717, 1.165) is 12.1 Å². The third-order valence-corrected chi connectivity index (χ3v) is 3.43. The summed E-state index contributed by atoms with van der Waals surface area (Å²) >= 11 is 0.